The second-order valence-corrected chi connectivity index (χ2v) is 6.51. The van der Waals surface area contributed by atoms with Crippen molar-refractivity contribution in [1.29, 1.82) is 0 Å². The van der Waals surface area contributed by atoms with Gasteiger partial charge in [0.15, 0.2) is 6.61 Å². The molecule has 0 unspecified atom stereocenters. The van der Waals surface area contributed by atoms with Crippen molar-refractivity contribution in [3.8, 4) is 23.0 Å². The lowest BCUT2D eigenvalue weighted by Gasteiger charge is -2.13. The molecular weight excluding hydrogens is 432 g/mol. The van der Waals surface area contributed by atoms with Crippen molar-refractivity contribution in [2.75, 3.05) is 45.7 Å². The Morgan fingerprint density at radius 1 is 0.848 bits per heavy atom. The maximum absolute atomic E-state index is 12.5. The molecule has 10 heteroatoms. The fourth-order valence-corrected chi connectivity index (χ4v) is 2.78. The van der Waals surface area contributed by atoms with Gasteiger partial charge >= 0.3 is 5.97 Å². The molecule has 0 spiro atoms. The minimum atomic E-state index is -0.574. The summed E-state index contributed by atoms with van der Waals surface area (Å²) in [6.07, 6.45) is 2.87. The van der Waals surface area contributed by atoms with Crippen molar-refractivity contribution in [3.05, 3.63) is 42.0 Å². The molecular formula is C23H26N2O8. The normalized spacial score (nSPS) is 10.3. The van der Waals surface area contributed by atoms with Crippen molar-refractivity contribution in [3.63, 3.8) is 0 Å². The maximum Gasteiger partial charge on any atom is 0.303 e. The first-order valence-corrected chi connectivity index (χ1v) is 9.71. The summed E-state index contributed by atoms with van der Waals surface area (Å²) in [6.45, 7) is 0.762. The number of carbonyl (C=O) groups excluding carboxylic acids is 3. The van der Waals surface area contributed by atoms with E-state index in [0.29, 0.717) is 39.9 Å². The van der Waals surface area contributed by atoms with E-state index in [0.717, 1.165) is 0 Å². The third-order valence-electron chi connectivity index (χ3n) is 4.30. The number of amides is 2. The zero-order valence-electron chi connectivity index (χ0n) is 19.0. The second-order valence-electron chi connectivity index (χ2n) is 6.51. The zero-order chi connectivity index (χ0) is 24.4. The number of hydrogen-bond donors (Lipinski definition) is 2. The fraction of sp³-hybridized carbons (Fsp3) is 0.261. The zero-order valence-corrected chi connectivity index (χ0v) is 19.0. The van der Waals surface area contributed by atoms with Crippen LogP contribution < -0.4 is 29.6 Å². The Labute approximate surface area is 191 Å². The molecule has 0 radical (unpaired) electrons. The van der Waals surface area contributed by atoms with Crippen LogP contribution in [0.15, 0.2) is 36.4 Å². The molecule has 0 aliphatic rings. The van der Waals surface area contributed by atoms with E-state index in [1.54, 1.807) is 30.3 Å². The van der Waals surface area contributed by atoms with E-state index in [1.165, 1.54) is 47.5 Å². The predicted octanol–water partition coefficient (Wildman–Crippen LogP) is 2.87. The van der Waals surface area contributed by atoms with Gasteiger partial charge in [-0.2, -0.15) is 0 Å². The average Bonchev–Trinajstić information content (AvgIpc) is 2.81. The molecule has 33 heavy (non-hydrogen) atoms. The van der Waals surface area contributed by atoms with E-state index in [1.807, 2.05) is 0 Å². The highest BCUT2D eigenvalue weighted by atomic mass is 16.5. The Hall–Kier alpha value is -4.21. The van der Waals surface area contributed by atoms with Gasteiger partial charge in [0.05, 0.1) is 39.7 Å². The topological polar surface area (TPSA) is 121 Å². The quantitative estimate of drug-likeness (QED) is 0.412. The van der Waals surface area contributed by atoms with E-state index in [4.69, 9.17) is 18.9 Å². The monoisotopic (exact) mass is 458 g/mol. The molecule has 0 aromatic heterocycles. The highest BCUT2D eigenvalue weighted by molar-refractivity contribution is 6.03. The average molecular weight is 458 g/mol. The minimum Gasteiger partial charge on any atom is -0.496 e. The van der Waals surface area contributed by atoms with Crippen molar-refractivity contribution in [2.24, 2.45) is 0 Å². The number of anilines is 2. The van der Waals surface area contributed by atoms with Gasteiger partial charge in [-0.3, -0.25) is 14.4 Å². The van der Waals surface area contributed by atoms with Crippen LogP contribution in [0.2, 0.25) is 0 Å². The number of rotatable bonds is 10. The summed E-state index contributed by atoms with van der Waals surface area (Å²) in [5.74, 6) is 0.298. The van der Waals surface area contributed by atoms with Gasteiger partial charge in [-0.1, -0.05) is 0 Å². The summed E-state index contributed by atoms with van der Waals surface area (Å²) in [6, 6.07) is 8.06. The minimum absolute atomic E-state index is 0.301. The van der Waals surface area contributed by atoms with Gasteiger partial charge in [0, 0.05) is 30.8 Å². The molecule has 2 N–H and O–H groups in total. The molecule has 0 heterocycles. The van der Waals surface area contributed by atoms with Crippen LogP contribution in [0.3, 0.4) is 0 Å². The third kappa shape index (κ3) is 7.17. The SMILES string of the molecule is COc1cc(OC)c(C=CC(=O)Nc2ccc(OC)c(NC(=O)COC(C)=O)c2)c(OC)c1. The fourth-order valence-electron chi connectivity index (χ4n) is 2.78. The molecule has 2 aromatic carbocycles. The molecule has 176 valence electrons. The Morgan fingerprint density at radius 2 is 1.48 bits per heavy atom. The molecule has 2 amide bonds. The summed E-state index contributed by atoms with van der Waals surface area (Å²) in [5.41, 5.74) is 1.26. The van der Waals surface area contributed by atoms with E-state index >= 15 is 0 Å². The van der Waals surface area contributed by atoms with Gasteiger partial charge in [-0.15, -0.1) is 0 Å². The highest BCUT2D eigenvalue weighted by Crippen LogP contribution is 2.35. The van der Waals surface area contributed by atoms with Crippen molar-refractivity contribution >= 4 is 35.2 Å². The van der Waals surface area contributed by atoms with Crippen molar-refractivity contribution < 1.29 is 38.1 Å². The second kappa shape index (κ2) is 12.0. The molecule has 0 atom stereocenters. The number of esters is 1. The largest absolute Gasteiger partial charge is 0.496 e. The molecule has 0 saturated heterocycles. The third-order valence-corrected chi connectivity index (χ3v) is 4.30. The predicted molar refractivity (Wildman–Crippen MR) is 122 cm³/mol. The van der Waals surface area contributed by atoms with E-state index in [2.05, 4.69) is 15.4 Å². The van der Waals surface area contributed by atoms with Crippen LogP contribution in [-0.2, 0) is 19.1 Å². The Balaban J connectivity index is 2.18. The number of carbonyl (C=O) groups is 3. The molecule has 0 fully saturated rings. The van der Waals surface area contributed by atoms with Crippen LogP contribution in [0.5, 0.6) is 23.0 Å². The van der Waals surface area contributed by atoms with Gasteiger partial charge in [-0.05, 0) is 24.3 Å². The van der Waals surface area contributed by atoms with Crippen LogP contribution in [0.4, 0.5) is 11.4 Å². The molecule has 2 aromatic rings. The summed E-state index contributed by atoms with van der Waals surface area (Å²) in [7, 11) is 5.97. The van der Waals surface area contributed by atoms with E-state index < -0.39 is 24.4 Å². The number of ether oxygens (including phenoxy) is 5. The molecule has 0 aliphatic heterocycles. The number of methoxy groups -OCH3 is 4. The lowest BCUT2D eigenvalue weighted by Crippen LogP contribution is -2.20. The lowest BCUT2D eigenvalue weighted by molar-refractivity contribution is -0.144. The molecule has 0 aliphatic carbocycles. The Bertz CT molecular complexity index is 1020. The van der Waals surface area contributed by atoms with Crippen LogP contribution >= 0.6 is 0 Å². The number of hydrogen-bond acceptors (Lipinski definition) is 8. The van der Waals surface area contributed by atoms with Crippen molar-refractivity contribution in [1.82, 2.24) is 0 Å². The van der Waals surface area contributed by atoms with Crippen LogP contribution in [-0.4, -0.2) is 52.8 Å². The van der Waals surface area contributed by atoms with Gasteiger partial charge in [-0.25, -0.2) is 0 Å². The van der Waals surface area contributed by atoms with E-state index in [-0.39, 0.29) is 0 Å². The highest BCUT2D eigenvalue weighted by Gasteiger charge is 2.13. The number of nitrogens with one attached hydrogen (secondary N) is 2. The molecule has 0 saturated carbocycles. The standard InChI is InChI=1S/C23H26N2O8/c1-14(26)33-13-23(28)25-18-10-15(6-8-19(18)30-3)24-22(27)9-7-17-20(31-4)11-16(29-2)12-21(17)32-5/h6-12H,13H2,1-5H3,(H,24,27)(H,25,28). The first-order chi connectivity index (χ1) is 15.8. The maximum atomic E-state index is 12.5. The van der Waals surface area contributed by atoms with Crippen LogP contribution in [0.1, 0.15) is 12.5 Å². The number of benzene rings is 2. The molecule has 0 bridgehead atoms. The summed E-state index contributed by atoms with van der Waals surface area (Å²) in [4.78, 5) is 35.3. The van der Waals surface area contributed by atoms with Crippen LogP contribution in [0.25, 0.3) is 6.08 Å². The van der Waals surface area contributed by atoms with Gasteiger partial charge in [0.1, 0.15) is 23.0 Å². The van der Waals surface area contributed by atoms with Crippen LogP contribution in [0, 0.1) is 0 Å². The summed E-state index contributed by atoms with van der Waals surface area (Å²) >= 11 is 0. The first-order valence-electron chi connectivity index (χ1n) is 9.71. The van der Waals surface area contributed by atoms with Gasteiger partial charge in [0.25, 0.3) is 5.91 Å². The van der Waals surface area contributed by atoms with Gasteiger partial charge < -0.3 is 34.3 Å². The smallest absolute Gasteiger partial charge is 0.303 e. The summed E-state index contributed by atoms with van der Waals surface area (Å²) in [5, 5.41) is 5.27. The molecule has 2 rings (SSSR count). The first kappa shape index (κ1) is 25.1. The van der Waals surface area contributed by atoms with Gasteiger partial charge in [0.2, 0.25) is 5.91 Å². The lowest BCUT2D eigenvalue weighted by atomic mass is 10.1. The van der Waals surface area contributed by atoms with Crippen molar-refractivity contribution in [2.45, 2.75) is 6.92 Å². The summed E-state index contributed by atoms with van der Waals surface area (Å²) < 4.78 is 25.8. The Morgan fingerprint density at radius 3 is 2.03 bits per heavy atom. The van der Waals surface area contributed by atoms with E-state index in [9.17, 15) is 14.4 Å². The molecule has 10 nitrogen and oxygen atoms in total. The Kier molecular flexibility index (Phi) is 9.10.